The molecule has 1 aromatic heterocycles. The van der Waals surface area contributed by atoms with Crippen LogP contribution in [-0.4, -0.2) is 46.6 Å². The number of pyridine rings is 1. The van der Waals surface area contributed by atoms with E-state index in [-0.39, 0.29) is 18.0 Å². The second-order valence-electron chi connectivity index (χ2n) is 8.42. The van der Waals surface area contributed by atoms with E-state index in [4.69, 9.17) is 16.4 Å². The number of hydrogen-bond donors (Lipinski definition) is 3. The minimum Gasteiger partial charge on any atom is -0.365 e. The van der Waals surface area contributed by atoms with Gasteiger partial charge < -0.3 is 15.5 Å². The zero-order chi connectivity index (χ0) is 22.4. The third-order valence-corrected chi connectivity index (χ3v) is 4.86. The highest BCUT2D eigenvalue weighted by molar-refractivity contribution is 6.31. The van der Waals surface area contributed by atoms with Gasteiger partial charge in [0.05, 0.1) is 11.2 Å². The van der Waals surface area contributed by atoms with Crippen LogP contribution in [-0.2, 0) is 4.84 Å². The first-order valence-corrected chi connectivity index (χ1v) is 10.6. The van der Waals surface area contributed by atoms with Crippen LogP contribution >= 0.6 is 11.6 Å². The van der Waals surface area contributed by atoms with Crippen LogP contribution in [0.4, 0.5) is 16.3 Å². The van der Waals surface area contributed by atoms with Gasteiger partial charge in [0, 0.05) is 36.0 Å². The predicted octanol–water partition coefficient (Wildman–Crippen LogP) is 4.30. The number of benzene rings is 1. The fraction of sp³-hybridized carbons (Fsp3) is 0.409. The number of nitrogens with zero attached hydrogens (tertiary/aromatic N) is 2. The Kier molecular flexibility index (Phi) is 7.35. The molecule has 1 aliphatic heterocycles. The van der Waals surface area contributed by atoms with Crippen LogP contribution in [0.15, 0.2) is 42.6 Å². The van der Waals surface area contributed by atoms with E-state index < -0.39 is 5.60 Å². The lowest BCUT2D eigenvalue weighted by atomic mass is 10.1. The molecule has 1 atom stereocenters. The van der Waals surface area contributed by atoms with E-state index >= 15 is 0 Å². The highest BCUT2D eigenvalue weighted by atomic mass is 35.5. The molecule has 0 radical (unpaired) electrons. The number of anilines is 2. The molecule has 3 rings (SSSR count). The molecule has 0 saturated carbocycles. The average Bonchev–Trinajstić information content (AvgIpc) is 2.72. The maximum Gasteiger partial charge on any atom is 0.341 e. The SMILES string of the molecule is CC(C)(C)ONC(=O)N1CCC[C@H](Nc2ncccc2C(=O)Nc2cccc(Cl)c2)C1. The van der Waals surface area contributed by atoms with Crippen molar-refractivity contribution in [2.45, 2.75) is 45.3 Å². The summed E-state index contributed by atoms with van der Waals surface area (Å²) in [6.45, 7) is 6.72. The van der Waals surface area contributed by atoms with Gasteiger partial charge in [-0.25, -0.2) is 15.3 Å². The lowest BCUT2D eigenvalue weighted by molar-refractivity contribution is -0.0591. The van der Waals surface area contributed by atoms with Crippen molar-refractivity contribution in [3.63, 3.8) is 0 Å². The summed E-state index contributed by atoms with van der Waals surface area (Å²) in [6, 6.07) is 10.1. The average molecular weight is 446 g/mol. The monoisotopic (exact) mass is 445 g/mol. The van der Waals surface area contributed by atoms with Crippen molar-refractivity contribution >= 4 is 35.0 Å². The topological polar surface area (TPSA) is 95.6 Å². The molecule has 3 N–H and O–H groups in total. The molecule has 0 aliphatic carbocycles. The molecule has 0 unspecified atom stereocenters. The van der Waals surface area contributed by atoms with Crippen LogP contribution in [0.3, 0.4) is 0 Å². The van der Waals surface area contributed by atoms with E-state index in [1.165, 1.54) is 0 Å². The summed E-state index contributed by atoms with van der Waals surface area (Å²) < 4.78 is 0. The molecule has 0 bridgehead atoms. The van der Waals surface area contributed by atoms with Crippen molar-refractivity contribution in [3.05, 3.63) is 53.2 Å². The van der Waals surface area contributed by atoms with Gasteiger partial charge in [0.1, 0.15) is 5.82 Å². The summed E-state index contributed by atoms with van der Waals surface area (Å²) in [5, 5.41) is 6.70. The lowest BCUT2D eigenvalue weighted by Gasteiger charge is -2.34. The molecular weight excluding hydrogens is 418 g/mol. The standard InChI is InChI=1S/C22H28ClN5O3/c1-22(2,3)31-27-21(30)28-12-6-9-17(14-28)25-19-18(10-5-11-24-19)20(29)26-16-8-4-7-15(23)13-16/h4-5,7-8,10-11,13,17H,6,9,12,14H2,1-3H3,(H,24,25)(H,26,29)(H,27,30)/t17-/m0/s1. The van der Waals surface area contributed by atoms with Crippen LogP contribution in [0.5, 0.6) is 0 Å². The number of hydroxylamine groups is 1. The first-order chi connectivity index (χ1) is 14.7. The lowest BCUT2D eigenvalue weighted by Crippen LogP contribution is -2.50. The van der Waals surface area contributed by atoms with Gasteiger partial charge in [0.15, 0.2) is 0 Å². The fourth-order valence-electron chi connectivity index (χ4n) is 3.20. The molecule has 166 valence electrons. The number of rotatable bonds is 5. The Bertz CT molecular complexity index is 931. The van der Waals surface area contributed by atoms with Gasteiger partial charge in [0.25, 0.3) is 5.91 Å². The predicted molar refractivity (Wildman–Crippen MR) is 121 cm³/mol. The molecule has 1 fully saturated rings. The minimum atomic E-state index is -0.470. The maximum absolute atomic E-state index is 12.8. The van der Waals surface area contributed by atoms with Crippen molar-refractivity contribution < 1.29 is 14.4 Å². The molecule has 3 amide bonds. The van der Waals surface area contributed by atoms with E-state index in [0.29, 0.717) is 35.2 Å². The zero-order valence-corrected chi connectivity index (χ0v) is 18.7. The Labute approximate surface area is 187 Å². The molecular formula is C22H28ClN5O3. The van der Waals surface area contributed by atoms with E-state index in [9.17, 15) is 9.59 Å². The number of likely N-dealkylation sites (tertiary alicyclic amines) is 1. The highest BCUT2D eigenvalue weighted by Crippen LogP contribution is 2.21. The highest BCUT2D eigenvalue weighted by Gasteiger charge is 2.26. The minimum absolute atomic E-state index is 0.0400. The third-order valence-electron chi connectivity index (χ3n) is 4.63. The molecule has 8 nitrogen and oxygen atoms in total. The van der Waals surface area contributed by atoms with Gasteiger partial charge >= 0.3 is 6.03 Å². The van der Waals surface area contributed by atoms with Gasteiger partial charge in [-0.3, -0.25) is 9.63 Å². The van der Waals surface area contributed by atoms with E-state index in [0.717, 1.165) is 12.8 Å². The van der Waals surface area contributed by atoms with Crippen molar-refractivity contribution in [2.75, 3.05) is 23.7 Å². The summed E-state index contributed by atoms with van der Waals surface area (Å²) in [6.07, 6.45) is 3.32. The number of carbonyl (C=O) groups is 2. The number of hydrogen-bond acceptors (Lipinski definition) is 5. The number of halogens is 1. The van der Waals surface area contributed by atoms with Crippen LogP contribution < -0.4 is 16.1 Å². The maximum atomic E-state index is 12.8. The molecule has 1 aromatic carbocycles. The van der Waals surface area contributed by atoms with Crippen LogP contribution in [0.2, 0.25) is 5.02 Å². The largest absolute Gasteiger partial charge is 0.365 e. The summed E-state index contributed by atoms with van der Waals surface area (Å²) in [5.74, 6) is 0.182. The first-order valence-electron chi connectivity index (χ1n) is 10.2. The van der Waals surface area contributed by atoms with E-state index in [1.807, 2.05) is 20.8 Å². The Balaban J connectivity index is 1.64. The Morgan fingerprint density at radius 1 is 1.23 bits per heavy atom. The quantitative estimate of drug-likeness (QED) is 0.596. The number of amides is 3. The van der Waals surface area contributed by atoms with E-state index in [1.54, 1.807) is 47.5 Å². The smallest absolute Gasteiger partial charge is 0.341 e. The van der Waals surface area contributed by atoms with Crippen molar-refractivity contribution in [1.82, 2.24) is 15.4 Å². The molecule has 9 heteroatoms. The molecule has 1 saturated heterocycles. The zero-order valence-electron chi connectivity index (χ0n) is 17.9. The number of piperidine rings is 1. The van der Waals surface area contributed by atoms with Crippen molar-refractivity contribution in [3.8, 4) is 0 Å². The van der Waals surface area contributed by atoms with Crippen LogP contribution in [0.25, 0.3) is 0 Å². The molecule has 2 aromatic rings. The Hall–Kier alpha value is -2.84. The van der Waals surface area contributed by atoms with Gasteiger partial charge in [-0.1, -0.05) is 17.7 Å². The summed E-state index contributed by atoms with van der Waals surface area (Å²) >= 11 is 6.00. The first kappa shape index (κ1) is 22.8. The van der Waals surface area contributed by atoms with Crippen LogP contribution in [0.1, 0.15) is 44.0 Å². The van der Waals surface area contributed by atoms with Gasteiger partial charge in [-0.05, 0) is 63.9 Å². The summed E-state index contributed by atoms with van der Waals surface area (Å²) in [7, 11) is 0. The summed E-state index contributed by atoms with van der Waals surface area (Å²) in [5.41, 5.74) is 3.06. The van der Waals surface area contributed by atoms with Gasteiger partial charge in [0.2, 0.25) is 0 Å². The molecule has 31 heavy (non-hydrogen) atoms. The molecule has 2 heterocycles. The van der Waals surface area contributed by atoms with Gasteiger partial charge in [-0.2, -0.15) is 0 Å². The normalized spacial score (nSPS) is 16.5. The van der Waals surface area contributed by atoms with Crippen molar-refractivity contribution in [2.24, 2.45) is 0 Å². The van der Waals surface area contributed by atoms with Crippen molar-refractivity contribution in [1.29, 1.82) is 0 Å². The van der Waals surface area contributed by atoms with E-state index in [2.05, 4.69) is 21.1 Å². The second-order valence-corrected chi connectivity index (χ2v) is 8.85. The number of aromatic nitrogens is 1. The second kappa shape index (κ2) is 9.98. The van der Waals surface area contributed by atoms with Gasteiger partial charge in [-0.15, -0.1) is 0 Å². The number of urea groups is 1. The molecule has 1 aliphatic rings. The Morgan fingerprint density at radius 2 is 2.03 bits per heavy atom. The number of carbonyl (C=O) groups excluding carboxylic acids is 2. The Morgan fingerprint density at radius 3 is 2.77 bits per heavy atom. The summed E-state index contributed by atoms with van der Waals surface area (Å²) in [4.78, 5) is 36.7. The fourth-order valence-corrected chi connectivity index (χ4v) is 3.39. The van der Waals surface area contributed by atoms with Crippen LogP contribution in [0, 0.1) is 0 Å². The third kappa shape index (κ3) is 6.83. The molecule has 0 spiro atoms. The number of nitrogens with one attached hydrogen (secondary N) is 3.